The zero-order valence-corrected chi connectivity index (χ0v) is 20.0. The van der Waals surface area contributed by atoms with Gasteiger partial charge in [0.25, 0.3) is 0 Å². The molecule has 0 aliphatic carbocycles. The van der Waals surface area contributed by atoms with Crippen molar-refractivity contribution in [3.05, 3.63) is 65.7 Å². The molecule has 2 rings (SSSR count). The molecule has 160 valence electrons. The van der Waals surface area contributed by atoms with E-state index in [2.05, 4.69) is 65.0 Å². The van der Waals surface area contributed by atoms with Crippen molar-refractivity contribution in [1.29, 1.82) is 0 Å². The Balaban J connectivity index is 0.00000420. The molecule has 0 fully saturated rings. The molecule has 0 saturated carbocycles. The number of aryl methyl sites for hydroxylation is 1. The van der Waals surface area contributed by atoms with Crippen molar-refractivity contribution in [3.63, 3.8) is 0 Å². The van der Waals surface area contributed by atoms with E-state index in [1.54, 1.807) is 14.2 Å². The summed E-state index contributed by atoms with van der Waals surface area (Å²) in [6.07, 6.45) is 2.99. The molecule has 2 N–H and O–H groups in total. The lowest BCUT2D eigenvalue weighted by Gasteiger charge is -2.18. The van der Waals surface area contributed by atoms with Gasteiger partial charge in [0.15, 0.2) is 5.96 Å². The molecule has 29 heavy (non-hydrogen) atoms. The van der Waals surface area contributed by atoms with Crippen LogP contribution in [0.2, 0.25) is 0 Å². The van der Waals surface area contributed by atoms with Crippen LogP contribution >= 0.6 is 24.0 Å². The number of hydrogen-bond acceptors (Lipinski definition) is 3. The van der Waals surface area contributed by atoms with Crippen molar-refractivity contribution >= 4 is 29.9 Å². The van der Waals surface area contributed by atoms with Crippen LogP contribution in [-0.4, -0.2) is 39.4 Å². The SMILES string of the molecule is CN=C(NCc1cccc(OCCCOC)c1)NC(C)CCc1ccccc1.I. The van der Waals surface area contributed by atoms with E-state index in [1.165, 1.54) is 5.56 Å². The zero-order chi connectivity index (χ0) is 20.0. The summed E-state index contributed by atoms with van der Waals surface area (Å²) in [5.41, 5.74) is 2.52. The fraction of sp³-hybridized carbons (Fsp3) is 0.435. The van der Waals surface area contributed by atoms with Gasteiger partial charge in [-0.1, -0.05) is 42.5 Å². The van der Waals surface area contributed by atoms with Crippen LogP contribution in [0.1, 0.15) is 30.9 Å². The Morgan fingerprint density at radius 2 is 1.79 bits per heavy atom. The third kappa shape index (κ3) is 10.5. The largest absolute Gasteiger partial charge is 0.493 e. The lowest BCUT2D eigenvalue weighted by molar-refractivity contribution is 0.172. The van der Waals surface area contributed by atoms with E-state index >= 15 is 0 Å². The summed E-state index contributed by atoms with van der Waals surface area (Å²) < 4.78 is 10.8. The summed E-state index contributed by atoms with van der Waals surface area (Å²) in [6, 6.07) is 19.0. The number of nitrogens with one attached hydrogen (secondary N) is 2. The van der Waals surface area contributed by atoms with Gasteiger partial charge in [-0.3, -0.25) is 4.99 Å². The minimum Gasteiger partial charge on any atom is -0.493 e. The van der Waals surface area contributed by atoms with Crippen molar-refractivity contribution in [1.82, 2.24) is 10.6 Å². The summed E-state index contributed by atoms with van der Waals surface area (Å²) in [7, 11) is 3.50. The molecular formula is C23H34IN3O2. The molecule has 0 heterocycles. The summed E-state index contributed by atoms with van der Waals surface area (Å²) in [4.78, 5) is 4.34. The normalized spacial score (nSPS) is 12.0. The molecule has 6 heteroatoms. The highest BCUT2D eigenvalue weighted by Crippen LogP contribution is 2.13. The Labute approximate surface area is 192 Å². The fourth-order valence-corrected chi connectivity index (χ4v) is 2.85. The van der Waals surface area contributed by atoms with Gasteiger partial charge in [-0.15, -0.1) is 24.0 Å². The fourth-order valence-electron chi connectivity index (χ4n) is 2.85. The van der Waals surface area contributed by atoms with Crippen molar-refractivity contribution in [3.8, 4) is 5.75 Å². The van der Waals surface area contributed by atoms with Crippen LogP contribution in [-0.2, 0) is 17.7 Å². The average Bonchev–Trinajstić information content (AvgIpc) is 2.74. The van der Waals surface area contributed by atoms with Crippen LogP contribution in [0.4, 0.5) is 0 Å². The van der Waals surface area contributed by atoms with Crippen LogP contribution in [0.25, 0.3) is 0 Å². The number of ether oxygens (including phenoxy) is 2. The van der Waals surface area contributed by atoms with Gasteiger partial charge in [-0.25, -0.2) is 0 Å². The van der Waals surface area contributed by atoms with E-state index in [-0.39, 0.29) is 24.0 Å². The van der Waals surface area contributed by atoms with E-state index < -0.39 is 0 Å². The predicted molar refractivity (Wildman–Crippen MR) is 131 cm³/mol. The minimum absolute atomic E-state index is 0. The Hall–Kier alpha value is -1.80. The second kappa shape index (κ2) is 15.1. The molecule has 1 unspecified atom stereocenters. The van der Waals surface area contributed by atoms with E-state index in [9.17, 15) is 0 Å². The average molecular weight is 511 g/mol. The molecule has 0 aliphatic heterocycles. The maximum atomic E-state index is 5.77. The van der Waals surface area contributed by atoms with Crippen molar-refractivity contribution in [2.45, 2.75) is 38.8 Å². The van der Waals surface area contributed by atoms with Gasteiger partial charge in [0.2, 0.25) is 0 Å². The predicted octanol–water partition coefficient (Wildman–Crippen LogP) is 4.41. The topological polar surface area (TPSA) is 54.9 Å². The molecule has 0 bridgehead atoms. The third-order valence-corrected chi connectivity index (χ3v) is 4.44. The summed E-state index contributed by atoms with van der Waals surface area (Å²) in [6.45, 7) is 4.25. The minimum atomic E-state index is 0. The lowest BCUT2D eigenvalue weighted by atomic mass is 10.1. The number of aliphatic imine (C=N–C) groups is 1. The van der Waals surface area contributed by atoms with E-state index in [0.717, 1.165) is 36.5 Å². The number of benzene rings is 2. The van der Waals surface area contributed by atoms with Gasteiger partial charge in [-0.2, -0.15) is 0 Å². The molecule has 0 saturated heterocycles. The molecule has 1 atom stereocenters. The van der Waals surface area contributed by atoms with Crippen LogP contribution in [0.5, 0.6) is 5.75 Å². The second-order valence-electron chi connectivity index (χ2n) is 6.84. The van der Waals surface area contributed by atoms with Crippen LogP contribution in [0.15, 0.2) is 59.6 Å². The number of halogens is 1. The molecular weight excluding hydrogens is 477 g/mol. The third-order valence-electron chi connectivity index (χ3n) is 4.44. The molecule has 0 amide bonds. The van der Waals surface area contributed by atoms with Gasteiger partial charge in [0, 0.05) is 39.8 Å². The Bertz CT molecular complexity index is 710. The monoisotopic (exact) mass is 511 g/mol. The van der Waals surface area contributed by atoms with Crippen molar-refractivity contribution in [2.24, 2.45) is 4.99 Å². The number of nitrogens with zero attached hydrogens (tertiary/aromatic N) is 1. The molecule has 0 aromatic heterocycles. The highest BCUT2D eigenvalue weighted by Gasteiger charge is 2.06. The molecule has 0 radical (unpaired) electrons. The second-order valence-corrected chi connectivity index (χ2v) is 6.84. The van der Waals surface area contributed by atoms with Crippen LogP contribution in [0, 0.1) is 0 Å². The van der Waals surface area contributed by atoms with Gasteiger partial charge >= 0.3 is 0 Å². The summed E-state index contributed by atoms with van der Waals surface area (Å²) in [5, 5.41) is 6.85. The molecule has 0 spiro atoms. The highest BCUT2D eigenvalue weighted by atomic mass is 127. The quantitative estimate of drug-likeness (QED) is 0.203. The highest BCUT2D eigenvalue weighted by molar-refractivity contribution is 14.0. The van der Waals surface area contributed by atoms with Gasteiger partial charge in [0.05, 0.1) is 6.61 Å². The Morgan fingerprint density at radius 1 is 1.03 bits per heavy atom. The van der Waals surface area contributed by atoms with E-state index in [1.807, 2.05) is 12.1 Å². The number of hydrogen-bond donors (Lipinski definition) is 2. The summed E-state index contributed by atoms with van der Waals surface area (Å²) >= 11 is 0. The number of guanidine groups is 1. The Kier molecular flexibility index (Phi) is 13.1. The van der Waals surface area contributed by atoms with Gasteiger partial charge in [-0.05, 0) is 43.0 Å². The number of methoxy groups -OCH3 is 1. The van der Waals surface area contributed by atoms with Crippen molar-refractivity contribution < 1.29 is 9.47 Å². The lowest BCUT2D eigenvalue weighted by Crippen LogP contribution is -2.42. The smallest absolute Gasteiger partial charge is 0.191 e. The van der Waals surface area contributed by atoms with Gasteiger partial charge < -0.3 is 20.1 Å². The zero-order valence-electron chi connectivity index (χ0n) is 17.7. The molecule has 2 aromatic carbocycles. The van der Waals surface area contributed by atoms with Gasteiger partial charge in [0.1, 0.15) is 5.75 Å². The van der Waals surface area contributed by atoms with E-state index in [0.29, 0.717) is 25.8 Å². The summed E-state index contributed by atoms with van der Waals surface area (Å²) in [5.74, 6) is 1.70. The maximum Gasteiger partial charge on any atom is 0.191 e. The van der Waals surface area contributed by atoms with Crippen LogP contribution in [0.3, 0.4) is 0 Å². The van der Waals surface area contributed by atoms with E-state index in [4.69, 9.17) is 9.47 Å². The first-order chi connectivity index (χ1) is 13.7. The standard InChI is InChI=1S/C23H33N3O2.HI/c1-19(13-14-20-9-5-4-6-10-20)26-23(24-2)25-18-21-11-7-12-22(17-21)28-16-8-15-27-3;/h4-7,9-12,17,19H,8,13-16,18H2,1-3H3,(H2,24,25,26);1H. The first-order valence-electron chi connectivity index (χ1n) is 9.93. The molecule has 5 nitrogen and oxygen atoms in total. The maximum absolute atomic E-state index is 5.77. The number of rotatable bonds is 11. The molecule has 0 aliphatic rings. The van der Waals surface area contributed by atoms with Crippen LogP contribution < -0.4 is 15.4 Å². The first-order valence-corrected chi connectivity index (χ1v) is 9.93. The first kappa shape index (κ1) is 25.2. The Morgan fingerprint density at radius 3 is 2.52 bits per heavy atom. The molecule has 2 aromatic rings. The van der Waals surface area contributed by atoms with Crippen molar-refractivity contribution in [2.75, 3.05) is 27.4 Å².